The van der Waals surface area contributed by atoms with E-state index in [4.69, 9.17) is 5.11 Å². The Morgan fingerprint density at radius 1 is 1.47 bits per heavy atom. The third-order valence-electron chi connectivity index (χ3n) is 3.63. The van der Waals surface area contributed by atoms with Gasteiger partial charge in [0, 0.05) is 32.1 Å². The maximum absolute atomic E-state index is 11.8. The Hall–Kier alpha value is -0.610. The summed E-state index contributed by atoms with van der Waals surface area (Å²) in [5.74, 6) is 1.41. The quantitative estimate of drug-likeness (QED) is 0.751. The first-order chi connectivity index (χ1) is 8.08. The summed E-state index contributed by atoms with van der Waals surface area (Å²) in [4.78, 5) is 13.8. The van der Waals surface area contributed by atoms with Crippen LogP contribution in [0.3, 0.4) is 0 Å². The zero-order valence-electron chi connectivity index (χ0n) is 11.3. The fraction of sp³-hybridized carbons (Fsp3) is 0.923. The number of nitrogens with one attached hydrogen (secondary N) is 1. The van der Waals surface area contributed by atoms with Crippen LogP contribution in [-0.2, 0) is 4.79 Å². The topological polar surface area (TPSA) is 52.6 Å². The number of carbonyl (C=O) groups is 1. The van der Waals surface area contributed by atoms with Crippen molar-refractivity contribution in [1.29, 1.82) is 0 Å². The molecule has 0 saturated carbocycles. The van der Waals surface area contributed by atoms with Gasteiger partial charge >= 0.3 is 0 Å². The average Bonchev–Trinajstić information content (AvgIpc) is 2.34. The molecule has 2 N–H and O–H groups in total. The van der Waals surface area contributed by atoms with Gasteiger partial charge in [0.2, 0.25) is 5.91 Å². The molecule has 0 aromatic carbocycles. The maximum Gasteiger partial charge on any atom is 0.222 e. The van der Waals surface area contributed by atoms with Crippen molar-refractivity contribution < 1.29 is 9.90 Å². The van der Waals surface area contributed by atoms with E-state index in [1.807, 2.05) is 11.8 Å². The maximum atomic E-state index is 11.8. The number of nitrogens with zero attached hydrogens (tertiary/aromatic N) is 1. The minimum atomic E-state index is 0.157. The first-order valence-corrected chi connectivity index (χ1v) is 6.70. The van der Waals surface area contributed by atoms with Crippen molar-refractivity contribution in [1.82, 2.24) is 10.2 Å². The van der Waals surface area contributed by atoms with Gasteiger partial charge in [0.25, 0.3) is 0 Å². The first-order valence-electron chi connectivity index (χ1n) is 6.70. The van der Waals surface area contributed by atoms with E-state index in [9.17, 15) is 4.79 Å². The monoisotopic (exact) mass is 242 g/mol. The first kappa shape index (κ1) is 14.5. The van der Waals surface area contributed by atoms with E-state index >= 15 is 0 Å². The number of rotatable bonds is 5. The van der Waals surface area contributed by atoms with Crippen LogP contribution >= 0.6 is 0 Å². The molecule has 17 heavy (non-hydrogen) atoms. The van der Waals surface area contributed by atoms with Gasteiger partial charge in [-0.05, 0) is 18.3 Å². The molecule has 1 fully saturated rings. The highest BCUT2D eigenvalue weighted by molar-refractivity contribution is 5.76. The highest BCUT2D eigenvalue weighted by Gasteiger charge is 2.30. The number of likely N-dealkylation sites (tertiary alicyclic amines) is 1. The lowest BCUT2D eigenvalue weighted by molar-refractivity contribution is -0.133. The van der Waals surface area contributed by atoms with E-state index in [1.165, 1.54) is 0 Å². The minimum absolute atomic E-state index is 0.157. The van der Waals surface area contributed by atoms with Crippen LogP contribution in [0.5, 0.6) is 0 Å². The zero-order valence-corrected chi connectivity index (χ0v) is 11.3. The van der Waals surface area contributed by atoms with Crippen LogP contribution < -0.4 is 5.32 Å². The predicted octanol–water partition coefficient (Wildman–Crippen LogP) is 0.851. The molecule has 1 rings (SSSR count). The molecule has 1 aliphatic rings. The van der Waals surface area contributed by atoms with E-state index < -0.39 is 0 Å². The van der Waals surface area contributed by atoms with Crippen molar-refractivity contribution >= 4 is 5.91 Å². The van der Waals surface area contributed by atoms with Gasteiger partial charge in [-0.3, -0.25) is 4.79 Å². The molecular weight excluding hydrogens is 216 g/mol. The fourth-order valence-corrected chi connectivity index (χ4v) is 2.46. The zero-order chi connectivity index (χ0) is 12.8. The second kappa shape index (κ2) is 6.97. The van der Waals surface area contributed by atoms with Crippen molar-refractivity contribution in [2.45, 2.75) is 39.7 Å². The van der Waals surface area contributed by atoms with Crippen LogP contribution in [0.4, 0.5) is 0 Å². The van der Waals surface area contributed by atoms with Gasteiger partial charge in [-0.15, -0.1) is 0 Å². The molecule has 4 nitrogen and oxygen atoms in total. The van der Waals surface area contributed by atoms with Gasteiger partial charge in [-0.25, -0.2) is 0 Å². The minimum Gasteiger partial charge on any atom is -0.395 e. The van der Waals surface area contributed by atoms with E-state index in [-0.39, 0.29) is 12.5 Å². The Balaban J connectivity index is 2.59. The molecule has 0 aliphatic carbocycles. The van der Waals surface area contributed by atoms with E-state index in [2.05, 4.69) is 19.2 Å². The molecule has 100 valence electrons. The number of hydrogen-bond donors (Lipinski definition) is 2. The summed E-state index contributed by atoms with van der Waals surface area (Å²) in [5, 5.41) is 12.2. The van der Waals surface area contributed by atoms with Gasteiger partial charge in [0.15, 0.2) is 0 Å². The van der Waals surface area contributed by atoms with Crippen molar-refractivity contribution in [3.8, 4) is 0 Å². The van der Waals surface area contributed by atoms with Crippen LogP contribution in [-0.4, -0.2) is 48.2 Å². The number of hydrogen-bond acceptors (Lipinski definition) is 3. The molecule has 1 aliphatic heterocycles. The summed E-state index contributed by atoms with van der Waals surface area (Å²) in [6.07, 6.45) is 1.68. The largest absolute Gasteiger partial charge is 0.395 e. The standard InChI is InChI=1S/C13H26N2O2/c1-4-13(17)15-8-11(10(2)3)7-12(9-15)14-5-6-16/h10-12,14,16H,4-9H2,1-3H3. The molecule has 0 aromatic rings. The normalized spacial score (nSPS) is 25.4. The smallest absolute Gasteiger partial charge is 0.222 e. The Kier molecular flexibility index (Phi) is 5.92. The van der Waals surface area contributed by atoms with Gasteiger partial charge in [-0.2, -0.15) is 0 Å². The Morgan fingerprint density at radius 2 is 2.18 bits per heavy atom. The summed E-state index contributed by atoms with van der Waals surface area (Å²) < 4.78 is 0. The molecule has 4 heteroatoms. The van der Waals surface area contributed by atoms with E-state index in [1.54, 1.807) is 0 Å². The molecule has 0 spiro atoms. The Morgan fingerprint density at radius 3 is 2.71 bits per heavy atom. The highest BCUT2D eigenvalue weighted by Crippen LogP contribution is 2.24. The van der Waals surface area contributed by atoms with Crippen LogP contribution in [0.2, 0.25) is 0 Å². The third kappa shape index (κ3) is 4.28. The van der Waals surface area contributed by atoms with Crippen molar-refractivity contribution in [3.05, 3.63) is 0 Å². The average molecular weight is 242 g/mol. The lowest BCUT2D eigenvalue weighted by Crippen LogP contribution is -2.52. The third-order valence-corrected chi connectivity index (χ3v) is 3.63. The van der Waals surface area contributed by atoms with Crippen LogP contribution in [0.15, 0.2) is 0 Å². The van der Waals surface area contributed by atoms with Crippen molar-refractivity contribution in [3.63, 3.8) is 0 Å². The molecule has 0 bridgehead atoms. The second-order valence-corrected chi connectivity index (χ2v) is 5.27. The summed E-state index contributed by atoms with van der Waals surface area (Å²) in [6, 6.07) is 0.332. The highest BCUT2D eigenvalue weighted by atomic mass is 16.3. The molecule has 1 amide bonds. The summed E-state index contributed by atoms with van der Waals surface area (Å²) in [5.41, 5.74) is 0. The Labute approximate surface area is 104 Å². The van der Waals surface area contributed by atoms with Crippen LogP contribution in [0, 0.1) is 11.8 Å². The summed E-state index contributed by atoms with van der Waals surface area (Å²) in [7, 11) is 0. The predicted molar refractivity (Wildman–Crippen MR) is 68.7 cm³/mol. The van der Waals surface area contributed by atoms with Crippen LogP contribution in [0.25, 0.3) is 0 Å². The van der Waals surface area contributed by atoms with E-state index in [0.29, 0.717) is 30.8 Å². The lowest BCUT2D eigenvalue weighted by Gasteiger charge is -2.40. The van der Waals surface area contributed by atoms with Gasteiger partial charge in [0.1, 0.15) is 0 Å². The molecular formula is C13H26N2O2. The molecule has 1 saturated heterocycles. The second-order valence-electron chi connectivity index (χ2n) is 5.27. The van der Waals surface area contributed by atoms with Gasteiger partial charge < -0.3 is 15.3 Å². The number of amides is 1. The van der Waals surface area contributed by atoms with Gasteiger partial charge in [-0.1, -0.05) is 20.8 Å². The van der Waals surface area contributed by atoms with Gasteiger partial charge in [0.05, 0.1) is 6.61 Å². The summed E-state index contributed by atoms with van der Waals surface area (Å²) in [6.45, 7) is 8.80. The van der Waals surface area contributed by atoms with E-state index in [0.717, 1.165) is 19.5 Å². The number of aliphatic hydroxyl groups excluding tert-OH is 1. The molecule has 1 heterocycles. The molecule has 0 aromatic heterocycles. The van der Waals surface area contributed by atoms with Crippen molar-refractivity contribution in [2.24, 2.45) is 11.8 Å². The lowest BCUT2D eigenvalue weighted by atomic mass is 9.85. The molecule has 2 unspecified atom stereocenters. The van der Waals surface area contributed by atoms with Crippen LogP contribution in [0.1, 0.15) is 33.6 Å². The Bertz CT molecular complexity index is 244. The number of aliphatic hydroxyl groups is 1. The SMILES string of the molecule is CCC(=O)N1CC(NCCO)CC(C(C)C)C1. The molecule has 0 radical (unpaired) electrons. The molecule has 2 atom stereocenters. The number of carbonyl (C=O) groups excluding carboxylic acids is 1. The number of piperidine rings is 1. The van der Waals surface area contributed by atoms with Crippen molar-refractivity contribution in [2.75, 3.05) is 26.2 Å². The summed E-state index contributed by atoms with van der Waals surface area (Å²) >= 11 is 0. The fourth-order valence-electron chi connectivity index (χ4n) is 2.46.